The number of rotatable bonds is 3. The van der Waals surface area contributed by atoms with Crippen LogP contribution in [-0.2, 0) is 4.79 Å². The maximum atomic E-state index is 10.8. The fourth-order valence-electron chi connectivity index (χ4n) is 0.769. The van der Waals surface area contributed by atoms with Gasteiger partial charge < -0.3 is 0 Å². The van der Waals surface area contributed by atoms with Gasteiger partial charge in [0.1, 0.15) is 0 Å². The molecule has 0 heterocycles. The van der Waals surface area contributed by atoms with E-state index in [9.17, 15) is 4.79 Å². The minimum absolute atomic E-state index is 0.151. The zero-order valence-corrected chi connectivity index (χ0v) is 7.77. The van der Waals surface area contributed by atoms with Crippen LogP contribution in [0.3, 0.4) is 0 Å². The van der Waals surface area contributed by atoms with Crippen molar-refractivity contribution in [2.75, 3.05) is 0 Å². The molecule has 62 valence electrons. The Morgan fingerprint density at radius 3 is 2.18 bits per heavy atom. The zero-order valence-electron chi connectivity index (χ0n) is 7.77. The maximum Gasteiger partial charge on any atom is 0.155 e. The lowest BCUT2D eigenvalue weighted by Gasteiger charge is -1.97. The van der Waals surface area contributed by atoms with Crippen LogP contribution in [0.2, 0.25) is 0 Å². The number of allylic oxidation sites excluding steroid dienone is 4. The monoisotopic (exact) mass is 152 g/mol. The number of carbonyl (C=O) groups excluding carboxylic acids is 1. The average Bonchev–Trinajstić information content (AvgIpc) is 1.99. The lowest BCUT2D eigenvalue weighted by Crippen LogP contribution is -1.91. The van der Waals surface area contributed by atoms with Crippen molar-refractivity contribution in [3.8, 4) is 0 Å². The van der Waals surface area contributed by atoms with Crippen molar-refractivity contribution >= 4 is 5.78 Å². The number of Topliss-reactive ketones (excluding diaryl/α,β-unsaturated/α-hetero) is 1. The van der Waals surface area contributed by atoms with Crippen LogP contribution in [0, 0.1) is 0 Å². The molecule has 0 aliphatic carbocycles. The molecule has 0 fully saturated rings. The van der Waals surface area contributed by atoms with E-state index in [4.69, 9.17) is 0 Å². The molecule has 0 aromatic heterocycles. The molecule has 0 saturated carbocycles. The smallest absolute Gasteiger partial charge is 0.155 e. The van der Waals surface area contributed by atoms with Crippen molar-refractivity contribution in [3.63, 3.8) is 0 Å². The van der Waals surface area contributed by atoms with Gasteiger partial charge in [0.2, 0.25) is 0 Å². The third-order valence-corrected chi connectivity index (χ3v) is 1.74. The Labute approximate surface area is 68.8 Å². The summed E-state index contributed by atoms with van der Waals surface area (Å²) in [6.07, 6.45) is 4.97. The van der Waals surface area contributed by atoms with Gasteiger partial charge in [-0.1, -0.05) is 24.6 Å². The van der Waals surface area contributed by atoms with E-state index >= 15 is 0 Å². The molecular weight excluding hydrogens is 136 g/mol. The lowest BCUT2D eigenvalue weighted by molar-refractivity contribution is -0.113. The van der Waals surface area contributed by atoms with Gasteiger partial charge in [-0.3, -0.25) is 4.79 Å². The summed E-state index contributed by atoms with van der Waals surface area (Å²) >= 11 is 0. The highest BCUT2D eigenvalue weighted by atomic mass is 16.1. The second kappa shape index (κ2) is 4.89. The van der Waals surface area contributed by atoms with Crippen LogP contribution in [0.25, 0.3) is 0 Å². The molecule has 0 bridgehead atoms. The maximum absolute atomic E-state index is 10.8. The lowest BCUT2D eigenvalue weighted by atomic mass is 10.1. The quantitative estimate of drug-likeness (QED) is 0.449. The zero-order chi connectivity index (χ0) is 8.85. The summed E-state index contributed by atoms with van der Waals surface area (Å²) < 4.78 is 0. The summed E-state index contributed by atoms with van der Waals surface area (Å²) in [5.41, 5.74) is 2.05. The summed E-state index contributed by atoms with van der Waals surface area (Å²) in [6, 6.07) is 0. The van der Waals surface area contributed by atoms with Gasteiger partial charge >= 0.3 is 0 Å². The topological polar surface area (TPSA) is 17.1 Å². The first kappa shape index (κ1) is 10.2. The fourth-order valence-corrected chi connectivity index (χ4v) is 0.769. The molecule has 0 spiro atoms. The molecule has 0 amide bonds. The molecule has 0 atom stereocenters. The average molecular weight is 152 g/mol. The van der Waals surface area contributed by atoms with Crippen LogP contribution in [0.1, 0.15) is 34.1 Å². The van der Waals surface area contributed by atoms with Gasteiger partial charge in [-0.25, -0.2) is 0 Å². The van der Waals surface area contributed by atoms with E-state index in [2.05, 4.69) is 6.92 Å². The van der Waals surface area contributed by atoms with Crippen LogP contribution >= 0.6 is 0 Å². The molecular formula is C10H16O. The SMILES string of the molecule is C/C=C(\C=C(\C)C(C)=O)CC. The minimum Gasteiger partial charge on any atom is -0.295 e. The predicted molar refractivity (Wildman–Crippen MR) is 48.5 cm³/mol. The van der Waals surface area contributed by atoms with E-state index in [0.717, 1.165) is 12.0 Å². The summed E-state index contributed by atoms with van der Waals surface area (Å²) in [6.45, 7) is 7.51. The Hall–Kier alpha value is -0.850. The van der Waals surface area contributed by atoms with Crippen LogP contribution in [0.5, 0.6) is 0 Å². The van der Waals surface area contributed by atoms with Crippen molar-refractivity contribution in [3.05, 3.63) is 23.3 Å². The molecule has 0 aromatic carbocycles. The Morgan fingerprint density at radius 2 is 1.91 bits per heavy atom. The van der Waals surface area contributed by atoms with Gasteiger partial charge in [0.05, 0.1) is 0 Å². The first-order valence-electron chi connectivity index (χ1n) is 3.96. The van der Waals surface area contributed by atoms with Crippen LogP contribution < -0.4 is 0 Å². The standard InChI is InChI=1S/C10H16O/c1-5-10(6-2)7-8(3)9(4)11/h5,7H,6H2,1-4H3/b8-7-,10-5-. The molecule has 0 aromatic rings. The van der Waals surface area contributed by atoms with Crippen LogP contribution in [0.15, 0.2) is 23.3 Å². The van der Waals surface area contributed by atoms with Crippen LogP contribution in [-0.4, -0.2) is 5.78 Å². The number of hydrogen-bond donors (Lipinski definition) is 0. The van der Waals surface area contributed by atoms with Crippen molar-refractivity contribution < 1.29 is 4.79 Å². The van der Waals surface area contributed by atoms with E-state index in [1.807, 2.05) is 26.0 Å². The predicted octanol–water partition coefficient (Wildman–Crippen LogP) is 2.88. The van der Waals surface area contributed by atoms with E-state index in [0.29, 0.717) is 0 Å². The van der Waals surface area contributed by atoms with Crippen molar-refractivity contribution in [1.82, 2.24) is 0 Å². The van der Waals surface area contributed by atoms with Gasteiger partial charge in [-0.2, -0.15) is 0 Å². The largest absolute Gasteiger partial charge is 0.295 e. The Morgan fingerprint density at radius 1 is 1.36 bits per heavy atom. The highest BCUT2D eigenvalue weighted by Crippen LogP contribution is 2.06. The second-order valence-electron chi connectivity index (χ2n) is 2.60. The molecule has 0 saturated heterocycles. The van der Waals surface area contributed by atoms with Gasteiger partial charge in [0, 0.05) is 0 Å². The second-order valence-corrected chi connectivity index (χ2v) is 2.60. The molecule has 11 heavy (non-hydrogen) atoms. The minimum atomic E-state index is 0.151. The van der Waals surface area contributed by atoms with Crippen molar-refractivity contribution in [1.29, 1.82) is 0 Å². The molecule has 0 aliphatic rings. The van der Waals surface area contributed by atoms with Gasteiger partial charge in [0.15, 0.2) is 5.78 Å². The van der Waals surface area contributed by atoms with Gasteiger partial charge in [-0.05, 0) is 32.8 Å². The molecule has 0 aliphatic heterocycles. The summed E-state index contributed by atoms with van der Waals surface area (Å²) in [7, 11) is 0. The van der Waals surface area contributed by atoms with E-state index in [1.54, 1.807) is 6.92 Å². The van der Waals surface area contributed by atoms with Crippen molar-refractivity contribution in [2.45, 2.75) is 34.1 Å². The highest BCUT2D eigenvalue weighted by Gasteiger charge is 1.95. The summed E-state index contributed by atoms with van der Waals surface area (Å²) in [4.78, 5) is 10.8. The van der Waals surface area contributed by atoms with E-state index < -0.39 is 0 Å². The molecule has 0 N–H and O–H groups in total. The third-order valence-electron chi connectivity index (χ3n) is 1.74. The molecule has 0 radical (unpaired) electrons. The van der Waals surface area contributed by atoms with Crippen molar-refractivity contribution in [2.24, 2.45) is 0 Å². The van der Waals surface area contributed by atoms with E-state index in [1.165, 1.54) is 5.57 Å². The summed E-state index contributed by atoms with van der Waals surface area (Å²) in [5, 5.41) is 0. The Balaban J connectivity index is 4.40. The molecule has 1 nitrogen and oxygen atoms in total. The number of ketones is 1. The Kier molecular flexibility index (Phi) is 4.51. The van der Waals surface area contributed by atoms with E-state index in [-0.39, 0.29) is 5.78 Å². The molecule has 0 rings (SSSR count). The molecule has 0 unspecified atom stereocenters. The summed E-state index contributed by atoms with van der Waals surface area (Å²) in [5.74, 6) is 0.151. The first-order valence-corrected chi connectivity index (χ1v) is 3.96. The highest BCUT2D eigenvalue weighted by molar-refractivity contribution is 5.93. The van der Waals surface area contributed by atoms with Crippen LogP contribution in [0.4, 0.5) is 0 Å². The molecule has 1 heteroatoms. The normalized spacial score (nSPS) is 13.5. The third kappa shape index (κ3) is 3.76. The number of carbonyl (C=O) groups is 1. The first-order chi connectivity index (χ1) is 5.11. The van der Waals surface area contributed by atoms with Gasteiger partial charge in [-0.15, -0.1) is 0 Å². The fraction of sp³-hybridized carbons (Fsp3) is 0.500. The Bertz CT molecular complexity index is 197. The number of hydrogen-bond acceptors (Lipinski definition) is 1. The van der Waals surface area contributed by atoms with Gasteiger partial charge in [0.25, 0.3) is 0 Å².